The van der Waals surface area contributed by atoms with Crippen LogP contribution in [0.25, 0.3) is 0 Å². The minimum atomic E-state index is 0.102. The molecule has 0 aliphatic rings. The van der Waals surface area contributed by atoms with E-state index in [4.69, 9.17) is 10.5 Å². The van der Waals surface area contributed by atoms with Crippen LogP contribution in [0.5, 0.6) is 0 Å². The summed E-state index contributed by atoms with van der Waals surface area (Å²) in [7, 11) is 1.70. The minimum absolute atomic E-state index is 0.102. The summed E-state index contributed by atoms with van der Waals surface area (Å²) in [6, 6.07) is 0. The fourth-order valence-electron chi connectivity index (χ4n) is 1.68. The van der Waals surface area contributed by atoms with Gasteiger partial charge in [-0.15, -0.1) is 0 Å². The maximum atomic E-state index is 11.6. The van der Waals surface area contributed by atoms with E-state index in [1.807, 2.05) is 0 Å². The lowest BCUT2D eigenvalue weighted by Gasteiger charge is -2.24. The van der Waals surface area contributed by atoms with E-state index in [2.05, 4.69) is 19.2 Å². The van der Waals surface area contributed by atoms with Gasteiger partial charge in [-0.1, -0.05) is 26.7 Å². The molecule has 0 spiro atoms. The Bertz CT molecular complexity index is 218. The predicted molar refractivity (Wildman–Crippen MR) is 75.4 cm³/mol. The molecule has 18 heavy (non-hydrogen) atoms. The van der Waals surface area contributed by atoms with Gasteiger partial charge in [0.05, 0.1) is 0 Å². The predicted octanol–water partition coefficient (Wildman–Crippen LogP) is 2.07. The Kier molecular flexibility index (Phi) is 9.98. The third kappa shape index (κ3) is 10.5. The van der Waals surface area contributed by atoms with E-state index >= 15 is 0 Å². The van der Waals surface area contributed by atoms with Gasteiger partial charge in [-0.3, -0.25) is 4.79 Å². The number of carbonyl (C=O) groups is 1. The van der Waals surface area contributed by atoms with Crippen molar-refractivity contribution in [1.29, 1.82) is 0 Å². The number of nitrogens with two attached hydrogens (primary N) is 1. The quantitative estimate of drug-likeness (QED) is 0.558. The van der Waals surface area contributed by atoms with Crippen molar-refractivity contribution in [2.75, 3.05) is 26.8 Å². The maximum Gasteiger partial charge on any atom is 0.220 e. The van der Waals surface area contributed by atoms with E-state index in [1.54, 1.807) is 7.11 Å². The van der Waals surface area contributed by atoms with Gasteiger partial charge in [-0.25, -0.2) is 0 Å². The molecule has 0 bridgehead atoms. The third-order valence-corrected chi connectivity index (χ3v) is 3.11. The molecule has 4 nitrogen and oxygen atoms in total. The Hall–Kier alpha value is -0.610. The van der Waals surface area contributed by atoms with Gasteiger partial charge < -0.3 is 15.8 Å². The molecule has 0 aromatic rings. The van der Waals surface area contributed by atoms with Gasteiger partial charge in [-0.05, 0) is 31.2 Å². The molecule has 3 N–H and O–H groups in total. The minimum Gasteiger partial charge on any atom is -0.385 e. The van der Waals surface area contributed by atoms with Gasteiger partial charge in [0.2, 0.25) is 5.91 Å². The first kappa shape index (κ1) is 17.4. The van der Waals surface area contributed by atoms with Crippen LogP contribution in [-0.4, -0.2) is 32.7 Å². The van der Waals surface area contributed by atoms with Crippen molar-refractivity contribution in [2.24, 2.45) is 11.1 Å². The van der Waals surface area contributed by atoms with Crippen LogP contribution in [0.4, 0.5) is 0 Å². The van der Waals surface area contributed by atoms with Crippen LogP contribution < -0.4 is 11.1 Å². The Balaban J connectivity index is 3.56. The molecule has 108 valence electrons. The van der Waals surface area contributed by atoms with Crippen LogP contribution in [0, 0.1) is 5.41 Å². The van der Waals surface area contributed by atoms with Gasteiger partial charge in [0, 0.05) is 26.7 Å². The van der Waals surface area contributed by atoms with E-state index in [0.717, 1.165) is 51.8 Å². The monoisotopic (exact) mass is 258 g/mol. The third-order valence-electron chi connectivity index (χ3n) is 3.11. The first-order valence-electron chi connectivity index (χ1n) is 6.97. The van der Waals surface area contributed by atoms with Crippen LogP contribution in [0.15, 0.2) is 0 Å². The number of nitrogens with one attached hydrogen (secondary N) is 1. The second-order valence-electron chi connectivity index (χ2n) is 5.64. The van der Waals surface area contributed by atoms with Crippen molar-refractivity contribution < 1.29 is 9.53 Å². The average Bonchev–Trinajstić information content (AvgIpc) is 2.34. The molecule has 0 aromatic heterocycles. The van der Waals surface area contributed by atoms with Crippen LogP contribution >= 0.6 is 0 Å². The molecule has 0 heterocycles. The number of amides is 1. The van der Waals surface area contributed by atoms with Crippen LogP contribution in [0.3, 0.4) is 0 Å². The van der Waals surface area contributed by atoms with Crippen molar-refractivity contribution >= 4 is 5.91 Å². The van der Waals surface area contributed by atoms with Crippen LogP contribution in [0.2, 0.25) is 0 Å². The molecule has 0 fully saturated rings. The van der Waals surface area contributed by atoms with Crippen molar-refractivity contribution in [3.8, 4) is 0 Å². The SMILES string of the molecule is COCCC(C)(C)CNC(=O)CCCCCCN. The molecule has 4 heteroatoms. The second kappa shape index (κ2) is 10.3. The number of ether oxygens (including phenoxy) is 1. The zero-order valence-corrected chi connectivity index (χ0v) is 12.3. The Morgan fingerprint density at radius 3 is 2.50 bits per heavy atom. The standard InChI is InChI=1S/C14H30N2O2/c1-14(2,9-11-18-3)12-16-13(17)8-6-4-5-7-10-15/h4-12,15H2,1-3H3,(H,16,17). The maximum absolute atomic E-state index is 11.6. The number of rotatable bonds is 11. The van der Waals surface area contributed by atoms with Crippen LogP contribution in [0.1, 0.15) is 52.4 Å². The summed E-state index contributed by atoms with van der Waals surface area (Å²) >= 11 is 0. The molecule has 0 aliphatic carbocycles. The lowest BCUT2D eigenvalue weighted by Crippen LogP contribution is -2.34. The van der Waals surface area contributed by atoms with Gasteiger partial charge in [-0.2, -0.15) is 0 Å². The van der Waals surface area contributed by atoms with Crippen molar-refractivity contribution in [2.45, 2.75) is 52.4 Å². The number of hydrogen-bond donors (Lipinski definition) is 2. The Morgan fingerprint density at radius 2 is 1.89 bits per heavy atom. The summed E-state index contributed by atoms with van der Waals surface area (Å²) in [6.45, 7) is 6.50. The average molecular weight is 258 g/mol. The normalized spacial score (nSPS) is 11.6. The summed E-state index contributed by atoms with van der Waals surface area (Å²) < 4.78 is 5.06. The highest BCUT2D eigenvalue weighted by molar-refractivity contribution is 5.75. The summed E-state index contributed by atoms with van der Waals surface area (Å²) in [6.07, 6.45) is 5.84. The van der Waals surface area contributed by atoms with E-state index in [-0.39, 0.29) is 11.3 Å². The number of carbonyl (C=O) groups excluding carboxylic acids is 1. The molecule has 0 unspecified atom stereocenters. The first-order chi connectivity index (χ1) is 8.52. The number of methoxy groups -OCH3 is 1. The molecular formula is C14H30N2O2. The molecule has 1 amide bonds. The summed E-state index contributed by atoms with van der Waals surface area (Å²) in [5.41, 5.74) is 5.52. The zero-order valence-electron chi connectivity index (χ0n) is 12.3. The molecule has 0 aromatic carbocycles. The highest BCUT2D eigenvalue weighted by atomic mass is 16.5. The van der Waals surface area contributed by atoms with E-state index in [0.29, 0.717) is 6.42 Å². The summed E-state index contributed by atoms with van der Waals surface area (Å²) in [4.78, 5) is 11.6. The molecular weight excluding hydrogens is 228 g/mol. The Labute approximate surface area is 112 Å². The number of unbranched alkanes of at least 4 members (excludes halogenated alkanes) is 3. The Morgan fingerprint density at radius 1 is 1.22 bits per heavy atom. The van der Waals surface area contributed by atoms with Crippen LogP contribution in [-0.2, 0) is 9.53 Å². The zero-order chi connectivity index (χ0) is 13.9. The smallest absolute Gasteiger partial charge is 0.220 e. The lowest BCUT2D eigenvalue weighted by atomic mass is 9.89. The number of hydrogen-bond acceptors (Lipinski definition) is 3. The topological polar surface area (TPSA) is 64.3 Å². The van der Waals surface area contributed by atoms with E-state index < -0.39 is 0 Å². The molecule has 0 radical (unpaired) electrons. The highest BCUT2D eigenvalue weighted by Crippen LogP contribution is 2.18. The van der Waals surface area contributed by atoms with Crippen molar-refractivity contribution in [3.05, 3.63) is 0 Å². The molecule has 0 atom stereocenters. The summed E-state index contributed by atoms with van der Waals surface area (Å²) in [5.74, 6) is 0.160. The van der Waals surface area contributed by atoms with E-state index in [1.165, 1.54) is 0 Å². The molecule has 0 saturated carbocycles. The second-order valence-corrected chi connectivity index (χ2v) is 5.64. The van der Waals surface area contributed by atoms with Crippen molar-refractivity contribution in [3.63, 3.8) is 0 Å². The molecule has 0 aliphatic heterocycles. The summed E-state index contributed by atoms with van der Waals surface area (Å²) in [5, 5.41) is 3.00. The van der Waals surface area contributed by atoms with Gasteiger partial charge in [0.25, 0.3) is 0 Å². The van der Waals surface area contributed by atoms with Crippen molar-refractivity contribution in [1.82, 2.24) is 5.32 Å². The lowest BCUT2D eigenvalue weighted by molar-refractivity contribution is -0.121. The molecule has 0 saturated heterocycles. The fourth-order valence-corrected chi connectivity index (χ4v) is 1.68. The van der Waals surface area contributed by atoms with E-state index in [9.17, 15) is 4.79 Å². The van der Waals surface area contributed by atoms with Gasteiger partial charge >= 0.3 is 0 Å². The molecule has 0 rings (SSSR count). The highest BCUT2D eigenvalue weighted by Gasteiger charge is 2.18. The van der Waals surface area contributed by atoms with Gasteiger partial charge in [0.1, 0.15) is 0 Å². The fraction of sp³-hybridized carbons (Fsp3) is 0.929. The van der Waals surface area contributed by atoms with Gasteiger partial charge in [0.15, 0.2) is 0 Å². The largest absolute Gasteiger partial charge is 0.385 e. The first-order valence-corrected chi connectivity index (χ1v) is 6.97.